The van der Waals surface area contributed by atoms with Gasteiger partial charge in [-0.15, -0.1) is 0 Å². The van der Waals surface area contributed by atoms with E-state index in [4.69, 9.17) is 9.47 Å². The normalized spacial score (nSPS) is 17.5. The van der Waals surface area contributed by atoms with Crippen LogP contribution in [-0.2, 0) is 29.1 Å². The maximum absolute atomic E-state index is 13.0. The van der Waals surface area contributed by atoms with Crippen molar-refractivity contribution in [2.24, 2.45) is 5.92 Å². The first-order valence-electron chi connectivity index (χ1n) is 14.1. The summed E-state index contributed by atoms with van der Waals surface area (Å²) in [5.41, 5.74) is 1.85. The van der Waals surface area contributed by atoms with Crippen LogP contribution in [0.2, 0.25) is 0 Å². The zero-order chi connectivity index (χ0) is 31.7. The molecular formula is C29H41N5O8S. The van der Waals surface area contributed by atoms with Gasteiger partial charge in [-0.25, -0.2) is 18.2 Å². The van der Waals surface area contributed by atoms with E-state index in [0.717, 1.165) is 5.56 Å². The van der Waals surface area contributed by atoms with Crippen molar-refractivity contribution >= 4 is 33.8 Å². The van der Waals surface area contributed by atoms with Crippen LogP contribution in [0, 0.1) is 26.7 Å². The largest absolute Gasteiger partial charge is 0.480 e. The molecule has 2 heterocycles. The van der Waals surface area contributed by atoms with Crippen molar-refractivity contribution in [3.05, 3.63) is 53.2 Å². The molecule has 3 atom stereocenters. The zero-order valence-electron chi connectivity index (χ0n) is 25.1. The number of likely N-dealkylation sites (tertiary alicyclic amines) is 1. The number of benzene rings is 1. The SMILES string of the molecule is Cc1cc(C)c(S(=O)(=O)N[C@@H](CNC(=O)CO[C@@H]2C[C@@H](CNc3ccccn3)N(C(=O)OCC(C)C)C2)C(=O)O)c(C)c1. The monoisotopic (exact) mass is 619 g/mol. The minimum Gasteiger partial charge on any atom is -0.480 e. The van der Waals surface area contributed by atoms with Gasteiger partial charge in [0.2, 0.25) is 15.9 Å². The highest BCUT2D eigenvalue weighted by atomic mass is 32.2. The number of carboxylic acid groups (broad SMARTS) is 1. The molecule has 3 rings (SSSR count). The van der Waals surface area contributed by atoms with E-state index < -0.39 is 53.3 Å². The number of amides is 2. The molecule has 0 bridgehead atoms. The molecule has 0 aliphatic carbocycles. The first kappa shape index (κ1) is 33.7. The number of rotatable bonds is 14. The highest BCUT2D eigenvalue weighted by molar-refractivity contribution is 7.89. The summed E-state index contributed by atoms with van der Waals surface area (Å²) >= 11 is 0. The van der Waals surface area contributed by atoms with Crippen LogP contribution in [0.15, 0.2) is 41.4 Å². The molecule has 0 radical (unpaired) electrons. The summed E-state index contributed by atoms with van der Waals surface area (Å²) in [6, 6.07) is 6.96. The van der Waals surface area contributed by atoms with Crippen LogP contribution < -0.4 is 15.4 Å². The van der Waals surface area contributed by atoms with E-state index in [9.17, 15) is 27.9 Å². The van der Waals surface area contributed by atoms with Crippen LogP contribution in [0.4, 0.5) is 10.6 Å². The molecule has 1 aliphatic rings. The Kier molecular flexibility index (Phi) is 11.9. The van der Waals surface area contributed by atoms with E-state index in [-0.39, 0.29) is 30.0 Å². The van der Waals surface area contributed by atoms with Crippen molar-refractivity contribution in [2.75, 3.05) is 38.2 Å². The molecule has 2 aromatic rings. The molecule has 1 aromatic heterocycles. The van der Waals surface area contributed by atoms with Crippen LogP contribution in [0.25, 0.3) is 0 Å². The fourth-order valence-corrected chi connectivity index (χ4v) is 6.54. The Morgan fingerprint density at radius 3 is 2.44 bits per heavy atom. The van der Waals surface area contributed by atoms with Gasteiger partial charge in [0.1, 0.15) is 18.5 Å². The van der Waals surface area contributed by atoms with Gasteiger partial charge in [-0.2, -0.15) is 4.72 Å². The third-order valence-electron chi connectivity index (χ3n) is 6.76. The summed E-state index contributed by atoms with van der Waals surface area (Å²) < 4.78 is 39.4. The highest BCUT2D eigenvalue weighted by Gasteiger charge is 2.37. The Bertz CT molecular complexity index is 1360. The Morgan fingerprint density at radius 1 is 1.14 bits per heavy atom. The van der Waals surface area contributed by atoms with Gasteiger partial charge in [0.05, 0.1) is 30.2 Å². The van der Waals surface area contributed by atoms with Crippen LogP contribution in [0.5, 0.6) is 0 Å². The lowest BCUT2D eigenvalue weighted by Crippen LogP contribution is -2.49. The summed E-state index contributed by atoms with van der Waals surface area (Å²) in [6.07, 6.45) is 1.12. The Labute approximate surface area is 252 Å². The second-order valence-corrected chi connectivity index (χ2v) is 12.7. The fraction of sp³-hybridized carbons (Fsp3) is 0.517. The average molecular weight is 620 g/mol. The molecule has 13 nitrogen and oxygen atoms in total. The number of carbonyl (C=O) groups excluding carboxylic acids is 2. The molecule has 0 unspecified atom stereocenters. The number of carbonyl (C=O) groups is 3. The molecule has 1 saturated heterocycles. The molecule has 2 amide bonds. The van der Waals surface area contributed by atoms with Gasteiger partial charge in [0.25, 0.3) is 0 Å². The van der Waals surface area contributed by atoms with Gasteiger partial charge in [-0.05, 0) is 56.4 Å². The number of nitrogens with one attached hydrogen (secondary N) is 3. The minimum absolute atomic E-state index is 0.00353. The van der Waals surface area contributed by atoms with Gasteiger partial charge in [-0.1, -0.05) is 37.6 Å². The van der Waals surface area contributed by atoms with Gasteiger partial charge in [0, 0.05) is 19.3 Å². The molecule has 14 heteroatoms. The van der Waals surface area contributed by atoms with Crippen LogP contribution >= 0.6 is 0 Å². The van der Waals surface area contributed by atoms with E-state index in [1.54, 1.807) is 43.1 Å². The smallest absolute Gasteiger partial charge is 0.410 e. The first-order valence-corrected chi connectivity index (χ1v) is 15.5. The van der Waals surface area contributed by atoms with Crippen LogP contribution in [0.3, 0.4) is 0 Å². The second-order valence-electron chi connectivity index (χ2n) is 11.1. The van der Waals surface area contributed by atoms with Crippen molar-refractivity contribution < 1.29 is 37.4 Å². The number of aromatic nitrogens is 1. The molecule has 43 heavy (non-hydrogen) atoms. The Balaban J connectivity index is 1.56. The standard InChI is InChI=1S/C29H41N5O8S/c1-18(2)16-42-29(38)34-15-23(12-22(34)13-31-25-8-6-7-9-30-25)41-17-26(35)32-14-24(28(36)37)33-43(39,40)27-20(4)10-19(3)11-21(27)5/h6-11,18,22-24,33H,12-17H2,1-5H3,(H,30,31)(H,32,35)(H,36,37)/t22-,23+,24-/m0/s1. The van der Waals surface area contributed by atoms with Crippen molar-refractivity contribution in [1.29, 1.82) is 0 Å². The number of ether oxygens (including phenoxy) is 2. The molecule has 1 aliphatic heterocycles. The lowest BCUT2D eigenvalue weighted by molar-refractivity contribution is -0.139. The van der Waals surface area contributed by atoms with Gasteiger partial charge >= 0.3 is 12.1 Å². The van der Waals surface area contributed by atoms with Crippen molar-refractivity contribution in [2.45, 2.75) is 64.1 Å². The summed E-state index contributed by atoms with van der Waals surface area (Å²) in [5.74, 6) is -1.26. The van der Waals surface area contributed by atoms with Gasteiger partial charge < -0.3 is 30.1 Å². The van der Waals surface area contributed by atoms with E-state index in [2.05, 4.69) is 20.3 Å². The van der Waals surface area contributed by atoms with Crippen molar-refractivity contribution in [3.63, 3.8) is 0 Å². The molecule has 0 spiro atoms. The Hall–Kier alpha value is -3.75. The predicted molar refractivity (Wildman–Crippen MR) is 159 cm³/mol. The van der Waals surface area contributed by atoms with E-state index in [0.29, 0.717) is 29.9 Å². The minimum atomic E-state index is -4.19. The highest BCUT2D eigenvalue weighted by Crippen LogP contribution is 2.23. The zero-order valence-corrected chi connectivity index (χ0v) is 25.9. The quantitative estimate of drug-likeness (QED) is 0.245. The number of aliphatic carboxylic acids is 1. The first-order chi connectivity index (χ1) is 20.3. The summed E-state index contributed by atoms with van der Waals surface area (Å²) in [7, 11) is -4.19. The number of anilines is 1. The van der Waals surface area contributed by atoms with Crippen LogP contribution in [0.1, 0.15) is 37.0 Å². The second kappa shape index (κ2) is 15.1. The number of nitrogens with zero attached hydrogens (tertiary/aromatic N) is 2. The molecule has 1 fully saturated rings. The summed E-state index contributed by atoms with van der Waals surface area (Å²) in [4.78, 5) is 43.0. The lowest BCUT2D eigenvalue weighted by Gasteiger charge is -2.24. The molecule has 1 aromatic carbocycles. The van der Waals surface area contributed by atoms with Gasteiger partial charge in [-0.3, -0.25) is 9.59 Å². The van der Waals surface area contributed by atoms with E-state index >= 15 is 0 Å². The molecule has 4 N–H and O–H groups in total. The average Bonchev–Trinajstić information content (AvgIpc) is 3.34. The summed E-state index contributed by atoms with van der Waals surface area (Å²) in [5, 5.41) is 15.3. The number of aryl methyl sites for hydroxylation is 3. The molecular weight excluding hydrogens is 578 g/mol. The number of carboxylic acids is 1. The van der Waals surface area contributed by atoms with Crippen molar-refractivity contribution in [3.8, 4) is 0 Å². The fourth-order valence-electron chi connectivity index (χ4n) is 4.90. The number of sulfonamides is 1. The number of hydrogen-bond acceptors (Lipinski definition) is 9. The van der Waals surface area contributed by atoms with Crippen LogP contribution in [-0.4, -0.2) is 92.4 Å². The van der Waals surface area contributed by atoms with E-state index in [1.165, 1.54) is 0 Å². The molecule has 0 saturated carbocycles. The predicted octanol–water partition coefficient (Wildman–Crippen LogP) is 2.22. The topological polar surface area (TPSA) is 176 Å². The van der Waals surface area contributed by atoms with E-state index in [1.807, 2.05) is 32.9 Å². The lowest BCUT2D eigenvalue weighted by atomic mass is 10.1. The summed E-state index contributed by atoms with van der Waals surface area (Å²) in [6.45, 7) is 8.94. The molecule has 236 valence electrons. The number of hydrogen-bond donors (Lipinski definition) is 4. The number of pyridine rings is 1. The third-order valence-corrected chi connectivity index (χ3v) is 8.53. The third kappa shape index (κ3) is 9.90. The van der Waals surface area contributed by atoms with Crippen molar-refractivity contribution in [1.82, 2.24) is 19.9 Å². The maximum atomic E-state index is 13.0. The van der Waals surface area contributed by atoms with Gasteiger partial charge in [0.15, 0.2) is 0 Å². The maximum Gasteiger partial charge on any atom is 0.410 e. The Morgan fingerprint density at radius 2 is 1.84 bits per heavy atom.